The maximum Gasteiger partial charge on any atom is 0.0709 e. The molecule has 0 aliphatic rings. The quantitative estimate of drug-likeness (QED) is 0.566. The van der Waals surface area contributed by atoms with Crippen molar-refractivity contribution in [2.24, 2.45) is 0 Å². The number of hydrogen-bond donors (Lipinski definition) is 1. The van der Waals surface area contributed by atoms with Crippen LogP contribution >= 0.6 is 11.6 Å². The smallest absolute Gasteiger partial charge is 0.0709 e. The summed E-state index contributed by atoms with van der Waals surface area (Å²) >= 11 is 6.18. The van der Waals surface area contributed by atoms with Gasteiger partial charge in [0.05, 0.1) is 5.38 Å². The Morgan fingerprint density at radius 2 is 2.00 bits per heavy atom. The third-order valence-electron chi connectivity index (χ3n) is 1.91. The molecule has 0 heterocycles. The average Bonchev–Trinajstić information content (AvgIpc) is 2.19. The van der Waals surface area contributed by atoms with Crippen molar-refractivity contribution in [2.45, 2.75) is 18.7 Å². The van der Waals surface area contributed by atoms with Crippen LogP contribution < -0.4 is 5.32 Å². The predicted octanol–water partition coefficient (Wildman–Crippen LogP) is 2.97. The number of halogens is 1. The number of benzene rings is 1. The second-order valence-electron chi connectivity index (χ2n) is 3.08. The summed E-state index contributed by atoms with van der Waals surface area (Å²) in [6, 6.07) is 10.2. The average molecular weight is 198 g/mol. The fraction of sp³-hybridized carbons (Fsp3) is 0.455. The molecule has 2 heteroatoms. The lowest BCUT2D eigenvalue weighted by atomic mass is 10.1. The lowest BCUT2D eigenvalue weighted by Crippen LogP contribution is -2.19. The zero-order valence-electron chi connectivity index (χ0n) is 7.96. The highest BCUT2D eigenvalue weighted by Gasteiger charge is 2.04. The van der Waals surface area contributed by atoms with Gasteiger partial charge in [0, 0.05) is 6.54 Å². The van der Waals surface area contributed by atoms with Gasteiger partial charge >= 0.3 is 0 Å². The normalized spacial score (nSPS) is 12.8. The summed E-state index contributed by atoms with van der Waals surface area (Å²) in [5.41, 5.74) is 1.19. The largest absolute Gasteiger partial charge is 0.315 e. The molecule has 1 N–H and O–H groups in total. The zero-order valence-corrected chi connectivity index (χ0v) is 8.72. The molecule has 0 radical (unpaired) electrons. The molecule has 1 nitrogen and oxygen atoms in total. The van der Waals surface area contributed by atoms with E-state index in [1.165, 1.54) is 5.56 Å². The Labute approximate surface area is 85.1 Å². The van der Waals surface area contributed by atoms with E-state index in [1.54, 1.807) is 0 Å². The second kappa shape index (κ2) is 6.01. The highest BCUT2D eigenvalue weighted by molar-refractivity contribution is 6.21. The summed E-state index contributed by atoms with van der Waals surface area (Å²) in [6.07, 6.45) is 1.15. The van der Waals surface area contributed by atoms with Crippen LogP contribution in [-0.2, 0) is 0 Å². The molecule has 0 bridgehead atoms. The summed E-state index contributed by atoms with van der Waals surface area (Å²) in [5, 5.41) is 3.39. The molecular weight excluding hydrogens is 182 g/mol. The van der Waals surface area contributed by atoms with Crippen LogP contribution in [0.1, 0.15) is 24.3 Å². The van der Waals surface area contributed by atoms with Gasteiger partial charge in [-0.2, -0.15) is 0 Å². The standard InChI is InChI=1S/C11H16ClN/c1-2-8-13-9-11(12)10-6-4-3-5-7-10/h3-7,11,13H,2,8-9H2,1H3. The highest BCUT2D eigenvalue weighted by atomic mass is 35.5. The number of alkyl halides is 1. The molecule has 1 atom stereocenters. The highest BCUT2D eigenvalue weighted by Crippen LogP contribution is 2.18. The summed E-state index contributed by atoms with van der Waals surface area (Å²) in [7, 11) is 0. The van der Waals surface area contributed by atoms with Crippen LogP contribution in [0.25, 0.3) is 0 Å². The Kier molecular flexibility index (Phi) is 4.87. The molecule has 1 unspecified atom stereocenters. The molecule has 0 amide bonds. The van der Waals surface area contributed by atoms with Crippen LogP contribution in [0.3, 0.4) is 0 Å². The molecule has 0 aliphatic heterocycles. The Balaban J connectivity index is 2.35. The summed E-state index contributed by atoms with van der Waals surface area (Å²) < 4.78 is 0. The number of rotatable bonds is 5. The van der Waals surface area contributed by atoms with E-state index in [-0.39, 0.29) is 5.38 Å². The molecule has 0 fully saturated rings. The van der Waals surface area contributed by atoms with Gasteiger partial charge in [0.15, 0.2) is 0 Å². The Hall–Kier alpha value is -0.530. The van der Waals surface area contributed by atoms with Crippen LogP contribution in [0.5, 0.6) is 0 Å². The summed E-state index contributed by atoms with van der Waals surface area (Å²) in [6.45, 7) is 4.04. The predicted molar refractivity (Wildman–Crippen MR) is 58.2 cm³/mol. The fourth-order valence-electron chi connectivity index (χ4n) is 1.19. The third kappa shape index (κ3) is 3.79. The van der Waals surface area contributed by atoms with Crippen molar-refractivity contribution in [1.29, 1.82) is 0 Å². The minimum atomic E-state index is 0.0905. The molecule has 1 rings (SSSR count). The van der Waals surface area contributed by atoms with Gasteiger partial charge in [-0.15, -0.1) is 11.6 Å². The van der Waals surface area contributed by atoms with Gasteiger partial charge in [0.2, 0.25) is 0 Å². The van der Waals surface area contributed by atoms with E-state index in [0.717, 1.165) is 19.5 Å². The molecule has 0 saturated carbocycles. The first-order chi connectivity index (χ1) is 6.34. The fourth-order valence-corrected chi connectivity index (χ4v) is 1.44. The minimum absolute atomic E-state index is 0.0905. The van der Waals surface area contributed by atoms with Gasteiger partial charge in [-0.1, -0.05) is 37.3 Å². The molecule has 0 saturated heterocycles. The Morgan fingerprint density at radius 3 is 2.62 bits per heavy atom. The SMILES string of the molecule is CCCNCC(Cl)c1ccccc1. The first kappa shape index (κ1) is 10.6. The van der Waals surface area contributed by atoms with E-state index in [1.807, 2.05) is 18.2 Å². The van der Waals surface area contributed by atoms with E-state index in [9.17, 15) is 0 Å². The van der Waals surface area contributed by atoms with Crippen molar-refractivity contribution < 1.29 is 0 Å². The van der Waals surface area contributed by atoms with E-state index in [0.29, 0.717) is 0 Å². The topological polar surface area (TPSA) is 12.0 Å². The van der Waals surface area contributed by atoms with Crippen molar-refractivity contribution in [1.82, 2.24) is 5.32 Å². The van der Waals surface area contributed by atoms with Crippen molar-refractivity contribution in [3.05, 3.63) is 35.9 Å². The van der Waals surface area contributed by atoms with E-state index < -0.39 is 0 Å². The van der Waals surface area contributed by atoms with Crippen molar-refractivity contribution in [3.63, 3.8) is 0 Å². The maximum absolute atomic E-state index is 6.18. The van der Waals surface area contributed by atoms with Crippen LogP contribution in [0.15, 0.2) is 30.3 Å². The van der Waals surface area contributed by atoms with E-state index in [2.05, 4.69) is 24.4 Å². The molecule has 0 spiro atoms. The lowest BCUT2D eigenvalue weighted by molar-refractivity contribution is 0.661. The molecule has 72 valence electrons. The number of nitrogens with one attached hydrogen (secondary N) is 1. The molecule has 13 heavy (non-hydrogen) atoms. The van der Waals surface area contributed by atoms with Gasteiger partial charge in [0.1, 0.15) is 0 Å². The van der Waals surface area contributed by atoms with E-state index in [4.69, 9.17) is 11.6 Å². The zero-order chi connectivity index (χ0) is 9.52. The molecule has 0 aliphatic carbocycles. The van der Waals surface area contributed by atoms with Gasteiger partial charge in [-0.05, 0) is 18.5 Å². The second-order valence-corrected chi connectivity index (χ2v) is 3.61. The summed E-state index contributed by atoms with van der Waals surface area (Å²) in [5.74, 6) is 0. The third-order valence-corrected chi connectivity index (χ3v) is 2.32. The van der Waals surface area contributed by atoms with Crippen LogP contribution in [0.2, 0.25) is 0 Å². The van der Waals surface area contributed by atoms with Crippen molar-refractivity contribution in [2.75, 3.05) is 13.1 Å². The molecule has 1 aromatic rings. The Morgan fingerprint density at radius 1 is 1.31 bits per heavy atom. The van der Waals surface area contributed by atoms with Crippen molar-refractivity contribution in [3.8, 4) is 0 Å². The first-order valence-electron chi connectivity index (χ1n) is 4.74. The monoisotopic (exact) mass is 197 g/mol. The van der Waals surface area contributed by atoms with Crippen molar-refractivity contribution >= 4 is 11.6 Å². The Bertz CT molecular complexity index is 223. The van der Waals surface area contributed by atoms with Gasteiger partial charge < -0.3 is 5.32 Å². The van der Waals surface area contributed by atoms with Crippen LogP contribution in [0.4, 0.5) is 0 Å². The van der Waals surface area contributed by atoms with Gasteiger partial charge in [-0.25, -0.2) is 0 Å². The lowest BCUT2D eigenvalue weighted by Gasteiger charge is -2.10. The summed E-state index contributed by atoms with van der Waals surface area (Å²) in [4.78, 5) is 0. The van der Waals surface area contributed by atoms with Crippen LogP contribution in [-0.4, -0.2) is 13.1 Å². The van der Waals surface area contributed by atoms with E-state index >= 15 is 0 Å². The molecule has 0 aromatic heterocycles. The maximum atomic E-state index is 6.18. The minimum Gasteiger partial charge on any atom is -0.315 e. The van der Waals surface area contributed by atoms with Gasteiger partial charge in [0.25, 0.3) is 0 Å². The molecule has 1 aromatic carbocycles. The number of hydrogen-bond acceptors (Lipinski definition) is 1. The molecular formula is C11H16ClN. The van der Waals surface area contributed by atoms with Crippen LogP contribution in [0, 0.1) is 0 Å². The van der Waals surface area contributed by atoms with Gasteiger partial charge in [-0.3, -0.25) is 0 Å². The first-order valence-corrected chi connectivity index (χ1v) is 5.18.